The fourth-order valence-electron chi connectivity index (χ4n) is 1.48. The summed E-state index contributed by atoms with van der Waals surface area (Å²) in [4.78, 5) is 11.6. The molecule has 0 aliphatic rings. The van der Waals surface area contributed by atoms with Gasteiger partial charge in [-0.05, 0) is 34.0 Å². The summed E-state index contributed by atoms with van der Waals surface area (Å²) in [7, 11) is 0. The van der Waals surface area contributed by atoms with Crippen molar-refractivity contribution in [2.24, 2.45) is 5.92 Å². The van der Waals surface area contributed by atoms with Gasteiger partial charge in [-0.15, -0.1) is 0 Å². The van der Waals surface area contributed by atoms with Gasteiger partial charge in [-0.3, -0.25) is 4.79 Å². The maximum Gasteiger partial charge on any atom is 0.198 e. The molecular formula is C11H15BrO2. The van der Waals surface area contributed by atoms with Gasteiger partial charge in [0, 0.05) is 6.42 Å². The molecule has 0 saturated carbocycles. The Hall–Kier alpha value is -0.570. The van der Waals surface area contributed by atoms with E-state index in [0.29, 0.717) is 22.8 Å². The Labute approximate surface area is 92.8 Å². The minimum Gasteiger partial charge on any atom is -0.446 e. The Morgan fingerprint density at radius 1 is 1.57 bits per heavy atom. The zero-order valence-corrected chi connectivity index (χ0v) is 10.1. The Kier molecular flexibility index (Phi) is 4.39. The first-order chi connectivity index (χ1) is 6.63. The van der Waals surface area contributed by atoms with Crippen LogP contribution in [0.3, 0.4) is 0 Å². The molecule has 78 valence electrons. The van der Waals surface area contributed by atoms with Gasteiger partial charge >= 0.3 is 0 Å². The molecule has 1 heterocycles. The van der Waals surface area contributed by atoms with Crippen molar-refractivity contribution in [3.8, 4) is 0 Å². The molecule has 0 radical (unpaired) electrons. The Bertz CT molecular complexity index is 304. The third-order valence-corrected chi connectivity index (χ3v) is 2.59. The SMILES string of the molecule is CCCC(C)CC(=O)c1ccc(Br)o1. The molecule has 1 aromatic rings. The average molecular weight is 259 g/mol. The molecular weight excluding hydrogens is 244 g/mol. The van der Waals surface area contributed by atoms with Crippen molar-refractivity contribution < 1.29 is 9.21 Å². The van der Waals surface area contributed by atoms with Crippen LogP contribution < -0.4 is 0 Å². The molecule has 0 amide bonds. The quantitative estimate of drug-likeness (QED) is 0.746. The first kappa shape index (κ1) is 11.5. The van der Waals surface area contributed by atoms with Crippen molar-refractivity contribution in [2.75, 3.05) is 0 Å². The lowest BCUT2D eigenvalue weighted by molar-refractivity contribution is 0.0934. The van der Waals surface area contributed by atoms with Crippen LogP contribution >= 0.6 is 15.9 Å². The molecule has 0 saturated heterocycles. The first-order valence-corrected chi connectivity index (χ1v) is 5.71. The monoisotopic (exact) mass is 258 g/mol. The van der Waals surface area contributed by atoms with E-state index in [1.807, 2.05) is 0 Å². The van der Waals surface area contributed by atoms with Crippen LogP contribution in [-0.4, -0.2) is 5.78 Å². The average Bonchev–Trinajstić information content (AvgIpc) is 2.52. The molecule has 3 heteroatoms. The summed E-state index contributed by atoms with van der Waals surface area (Å²) in [6, 6.07) is 3.46. The number of carbonyl (C=O) groups is 1. The molecule has 0 N–H and O–H groups in total. The fraction of sp³-hybridized carbons (Fsp3) is 0.545. The van der Waals surface area contributed by atoms with E-state index in [2.05, 4.69) is 29.8 Å². The highest BCUT2D eigenvalue weighted by Gasteiger charge is 2.13. The highest BCUT2D eigenvalue weighted by atomic mass is 79.9. The molecule has 14 heavy (non-hydrogen) atoms. The van der Waals surface area contributed by atoms with Crippen LogP contribution in [0.15, 0.2) is 21.2 Å². The van der Waals surface area contributed by atoms with Crippen LogP contribution in [0.25, 0.3) is 0 Å². The maximum absolute atomic E-state index is 11.6. The number of hydrogen-bond donors (Lipinski definition) is 0. The third-order valence-electron chi connectivity index (χ3n) is 2.16. The zero-order valence-electron chi connectivity index (χ0n) is 8.55. The van der Waals surface area contributed by atoms with Crippen molar-refractivity contribution in [2.45, 2.75) is 33.1 Å². The Morgan fingerprint density at radius 2 is 2.29 bits per heavy atom. The normalized spacial score (nSPS) is 12.8. The van der Waals surface area contributed by atoms with E-state index >= 15 is 0 Å². The zero-order chi connectivity index (χ0) is 10.6. The van der Waals surface area contributed by atoms with Crippen molar-refractivity contribution in [3.05, 3.63) is 22.6 Å². The van der Waals surface area contributed by atoms with Crippen molar-refractivity contribution in [3.63, 3.8) is 0 Å². The second-order valence-electron chi connectivity index (χ2n) is 3.62. The largest absolute Gasteiger partial charge is 0.446 e. The van der Waals surface area contributed by atoms with Crippen LogP contribution in [-0.2, 0) is 0 Å². The molecule has 2 nitrogen and oxygen atoms in total. The number of Topliss-reactive ketones (excluding diaryl/α,β-unsaturated/α-hetero) is 1. The van der Waals surface area contributed by atoms with E-state index < -0.39 is 0 Å². The predicted octanol–water partition coefficient (Wildman–Crippen LogP) is 4.05. The van der Waals surface area contributed by atoms with Crippen LogP contribution in [0.4, 0.5) is 0 Å². The van der Waals surface area contributed by atoms with E-state index in [-0.39, 0.29) is 5.78 Å². The molecule has 1 unspecified atom stereocenters. The molecule has 1 rings (SSSR count). The number of carbonyl (C=O) groups excluding carboxylic acids is 1. The van der Waals surface area contributed by atoms with Gasteiger partial charge in [0.2, 0.25) is 0 Å². The summed E-state index contributed by atoms with van der Waals surface area (Å²) in [5, 5.41) is 0. The second kappa shape index (κ2) is 5.35. The van der Waals surface area contributed by atoms with Crippen LogP contribution in [0.2, 0.25) is 0 Å². The van der Waals surface area contributed by atoms with Crippen LogP contribution in [0.5, 0.6) is 0 Å². The van der Waals surface area contributed by atoms with Gasteiger partial charge in [-0.2, -0.15) is 0 Å². The molecule has 0 aromatic carbocycles. The Balaban J connectivity index is 2.50. The lowest BCUT2D eigenvalue weighted by Gasteiger charge is -2.06. The fourth-order valence-corrected chi connectivity index (χ4v) is 1.78. The van der Waals surface area contributed by atoms with E-state index in [1.54, 1.807) is 12.1 Å². The van der Waals surface area contributed by atoms with E-state index in [1.165, 1.54) is 0 Å². The maximum atomic E-state index is 11.6. The summed E-state index contributed by atoms with van der Waals surface area (Å²) in [6.07, 6.45) is 2.79. The minimum atomic E-state index is 0.0941. The standard InChI is InChI=1S/C11H15BrO2/c1-3-4-8(2)7-9(13)10-5-6-11(12)14-10/h5-6,8H,3-4,7H2,1-2H3. The van der Waals surface area contributed by atoms with Gasteiger partial charge < -0.3 is 4.42 Å². The Morgan fingerprint density at radius 3 is 2.79 bits per heavy atom. The molecule has 0 aliphatic heterocycles. The van der Waals surface area contributed by atoms with Gasteiger partial charge in [-0.25, -0.2) is 0 Å². The molecule has 0 fully saturated rings. The highest BCUT2D eigenvalue weighted by Crippen LogP contribution is 2.18. The highest BCUT2D eigenvalue weighted by molar-refractivity contribution is 9.10. The lowest BCUT2D eigenvalue weighted by Crippen LogP contribution is -2.04. The summed E-state index contributed by atoms with van der Waals surface area (Å²) in [5.74, 6) is 0.993. The number of ketones is 1. The molecule has 1 aromatic heterocycles. The number of rotatable bonds is 5. The molecule has 1 atom stereocenters. The summed E-state index contributed by atoms with van der Waals surface area (Å²) < 4.78 is 5.81. The smallest absolute Gasteiger partial charge is 0.198 e. The van der Waals surface area contributed by atoms with Gasteiger partial charge in [0.1, 0.15) is 0 Å². The van der Waals surface area contributed by atoms with Gasteiger partial charge in [0.05, 0.1) is 0 Å². The predicted molar refractivity (Wildman–Crippen MR) is 59.4 cm³/mol. The number of halogens is 1. The van der Waals surface area contributed by atoms with E-state index in [9.17, 15) is 4.79 Å². The summed E-state index contributed by atoms with van der Waals surface area (Å²) in [5.41, 5.74) is 0. The number of furan rings is 1. The minimum absolute atomic E-state index is 0.0941. The third kappa shape index (κ3) is 3.29. The van der Waals surface area contributed by atoms with Gasteiger partial charge in [0.15, 0.2) is 16.2 Å². The summed E-state index contributed by atoms with van der Waals surface area (Å²) >= 11 is 3.18. The van der Waals surface area contributed by atoms with Gasteiger partial charge in [-0.1, -0.05) is 26.7 Å². The first-order valence-electron chi connectivity index (χ1n) is 4.92. The molecule has 0 spiro atoms. The van der Waals surface area contributed by atoms with Crippen molar-refractivity contribution >= 4 is 21.7 Å². The van der Waals surface area contributed by atoms with Crippen molar-refractivity contribution in [1.82, 2.24) is 0 Å². The van der Waals surface area contributed by atoms with E-state index in [4.69, 9.17) is 4.42 Å². The van der Waals surface area contributed by atoms with E-state index in [0.717, 1.165) is 12.8 Å². The summed E-state index contributed by atoms with van der Waals surface area (Å²) in [6.45, 7) is 4.23. The lowest BCUT2D eigenvalue weighted by atomic mass is 9.99. The topological polar surface area (TPSA) is 30.2 Å². The molecule has 0 aliphatic carbocycles. The molecule has 0 bridgehead atoms. The van der Waals surface area contributed by atoms with Crippen LogP contribution in [0.1, 0.15) is 43.7 Å². The van der Waals surface area contributed by atoms with Crippen LogP contribution in [0, 0.1) is 5.92 Å². The van der Waals surface area contributed by atoms with Crippen molar-refractivity contribution in [1.29, 1.82) is 0 Å². The second-order valence-corrected chi connectivity index (χ2v) is 4.41. The van der Waals surface area contributed by atoms with Gasteiger partial charge in [0.25, 0.3) is 0 Å². The number of hydrogen-bond acceptors (Lipinski definition) is 2.